The molecule has 4 rings (SSSR count). The average Bonchev–Trinajstić information content (AvgIpc) is 3.32. The van der Waals surface area contributed by atoms with E-state index in [-0.39, 0.29) is 0 Å². The number of para-hydroxylation sites is 1. The molecule has 6 nitrogen and oxygen atoms in total. The molecule has 31 heavy (non-hydrogen) atoms. The van der Waals surface area contributed by atoms with Gasteiger partial charge in [-0.25, -0.2) is 4.79 Å². The van der Waals surface area contributed by atoms with Crippen molar-refractivity contribution in [3.8, 4) is 0 Å². The van der Waals surface area contributed by atoms with E-state index in [1.807, 2.05) is 54.6 Å². The lowest BCUT2D eigenvalue weighted by molar-refractivity contribution is -0.123. The first-order chi connectivity index (χ1) is 15.1. The summed E-state index contributed by atoms with van der Waals surface area (Å²) in [5, 5.41) is 7.96. The number of ether oxygens (including phenoxy) is 1. The molecule has 3 aromatic carbocycles. The summed E-state index contributed by atoms with van der Waals surface area (Å²) in [6.07, 6.45) is 0.623. The minimum atomic E-state index is -0.968. The van der Waals surface area contributed by atoms with E-state index in [1.54, 1.807) is 37.5 Å². The zero-order valence-corrected chi connectivity index (χ0v) is 17.0. The fourth-order valence-corrected chi connectivity index (χ4v) is 3.26. The van der Waals surface area contributed by atoms with Crippen LogP contribution in [0, 0.1) is 0 Å². The van der Waals surface area contributed by atoms with Gasteiger partial charge in [0.05, 0.1) is 18.4 Å². The number of benzene rings is 3. The minimum Gasteiger partial charge on any atom is -0.467 e. The van der Waals surface area contributed by atoms with E-state index in [4.69, 9.17) is 9.15 Å². The van der Waals surface area contributed by atoms with Gasteiger partial charge in [-0.1, -0.05) is 48.5 Å². The van der Waals surface area contributed by atoms with Gasteiger partial charge in [-0.3, -0.25) is 4.79 Å². The summed E-state index contributed by atoms with van der Waals surface area (Å²) in [5.74, 6) is -0.236. The fourth-order valence-electron chi connectivity index (χ4n) is 3.26. The third-order valence-electron chi connectivity index (χ3n) is 4.88. The maximum atomic E-state index is 12.7. The van der Waals surface area contributed by atoms with Gasteiger partial charge >= 0.3 is 5.97 Å². The molecule has 0 bridgehead atoms. The molecule has 4 aromatic rings. The van der Waals surface area contributed by atoms with Crippen molar-refractivity contribution >= 4 is 34.0 Å². The second kappa shape index (κ2) is 9.17. The van der Waals surface area contributed by atoms with Crippen molar-refractivity contribution in [3.05, 3.63) is 96.4 Å². The lowest BCUT2D eigenvalue weighted by atomic mass is 10.1. The quantitative estimate of drug-likeness (QED) is 0.405. The highest BCUT2D eigenvalue weighted by atomic mass is 16.5. The van der Waals surface area contributed by atoms with Crippen LogP contribution < -0.4 is 10.6 Å². The predicted octanol–water partition coefficient (Wildman–Crippen LogP) is 5.23. The first-order valence-electron chi connectivity index (χ1n) is 9.97. The number of hydrogen-bond acceptors (Lipinski definition) is 5. The molecule has 0 aliphatic carbocycles. The average molecular weight is 414 g/mol. The van der Waals surface area contributed by atoms with Crippen molar-refractivity contribution in [2.24, 2.45) is 0 Å². The maximum absolute atomic E-state index is 12.7. The van der Waals surface area contributed by atoms with Crippen LogP contribution in [-0.2, 0) is 16.1 Å². The molecular weight excluding hydrogens is 392 g/mol. The molecule has 1 amide bonds. The van der Waals surface area contributed by atoms with E-state index < -0.39 is 18.0 Å². The van der Waals surface area contributed by atoms with Gasteiger partial charge in [-0.05, 0) is 42.6 Å². The van der Waals surface area contributed by atoms with Gasteiger partial charge in [-0.2, -0.15) is 0 Å². The molecular formula is C25H22N2O4. The van der Waals surface area contributed by atoms with Crippen molar-refractivity contribution in [2.75, 3.05) is 10.6 Å². The van der Waals surface area contributed by atoms with Crippen molar-refractivity contribution < 1.29 is 18.7 Å². The molecule has 1 heterocycles. The van der Waals surface area contributed by atoms with E-state index >= 15 is 0 Å². The van der Waals surface area contributed by atoms with E-state index in [2.05, 4.69) is 10.6 Å². The van der Waals surface area contributed by atoms with Crippen LogP contribution in [-0.4, -0.2) is 18.0 Å². The zero-order chi connectivity index (χ0) is 21.6. The Hall–Kier alpha value is -4.06. The largest absolute Gasteiger partial charge is 0.467 e. The highest BCUT2D eigenvalue weighted by Crippen LogP contribution is 2.23. The third-order valence-corrected chi connectivity index (χ3v) is 4.88. The summed E-state index contributed by atoms with van der Waals surface area (Å²) >= 11 is 0. The summed E-state index contributed by atoms with van der Waals surface area (Å²) in [5.41, 5.74) is 1.62. The number of hydrogen-bond donors (Lipinski definition) is 2. The smallest absolute Gasteiger partial charge is 0.341 e. The first-order valence-corrected chi connectivity index (χ1v) is 9.97. The molecule has 0 fully saturated rings. The Bertz CT molecular complexity index is 1200. The fraction of sp³-hybridized carbons (Fsp3) is 0.120. The Morgan fingerprint density at radius 2 is 1.65 bits per heavy atom. The molecule has 0 unspecified atom stereocenters. The van der Waals surface area contributed by atoms with Gasteiger partial charge in [0, 0.05) is 16.8 Å². The van der Waals surface area contributed by atoms with Crippen molar-refractivity contribution in [3.63, 3.8) is 0 Å². The first kappa shape index (κ1) is 20.2. The summed E-state index contributed by atoms with van der Waals surface area (Å²) in [6, 6.07) is 24.1. The van der Waals surface area contributed by atoms with Gasteiger partial charge < -0.3 is 19.8 Å². The van der Waals surface area contributed by atoms with Crippen LogP contribution in [0.15, 0.2) is 89.5 Å². The van der Waals surface area contributed by atoms with Crippen LogP contribution in [0.1, 0.15) is 23.0 Å². The lowest BCUT2D eigenvalue weighted by Crippen LogP contribution is -2.30. The molecule has 6 heteroatoms. The normalized spacial score (nSPS) is 11.6. The number of carbonyl (C=O) groups is 2. The second-order valence-corrected chi connectivity index (χ2v) is 7.04. The van der Waals surface area contributed by atoms with Gasteiger partial charge in [0.1, 0.15) is 5.76 Å². The van der Waals surface area contributed by atoms with Crippen LogP contribution in [0.4, 0.5) is 11.4 Å². The van der Waals surface area contributed by atoms with Crippen molar-refractivity contribution in [2.45, 2.75) is 19.6 Å². The van der Waals surface area contributed by atoms with Crippen LogP contribution >= 0.6 is 0 Å². The highest BCUT2D eigenvalue weighted by molar-refractivity contribution is 6.04. The second-order valence-electron chi connectivity index (χ2n) is 7.04. The summed E-state index contributed by atoms with van der Waals surface area (Å²) in [4.78, 5) is 25.4. The van der Waals surface area contributed by atoms with Gasteiger partial charge in [0.15, 0.2) is 6.10 Å². The van der Waals surface area contributed by atoms with Gasteiger partial charge in [-0.15, -0.1) is 0 Å². The SMILES string of the molecule is C[C@H](OC(=O)c1ccccc1NCc1ccco1)C(=O)Nc1cccc2ccccc12. The molecule has 2 N–H and O–H groups in total. The number of fused-ring (bicyclic) bond motifs is 1. The third kappa shape index (κ3) is 4.75. The standard InChI is InChI=1S/C25H22N2O4/c1-17(24(28)27-23-14-6-9-18-8-2-3-11-20(18)23)31-25(29)21-12-4-5-13-22(21)26-16-19-10-7-15-30-19/h2-15,17,26H,16H2,1H3,(H,27,28)/t17-/m0/s1. The molecule has 0 saturated heterocycles. The van der Waals surface area contributed by atoms with E-state index in [9.17, 15) is 9.59 Å². The number of esters is 1. The number of carbonyl (C=O) groups excluding carboxylic acids is 2. The Morgan fingerprint density at radius 1 is 0.903 bits per heavy atom. The molecule has 156 valence electrons. The molecule has 1 atom stereocenters. The van der Waals surface area contributed by atoms with Crippen LogP contribution in [0.3, 0.4) is 0 Å². The van der Waals surface area contributed by atoms with Crippen molar-refractivity contribution in [1.82, 2.24) is 0 Å². The Balaban J connectivity index is 1.43. The van der Waals surface area contributed by atoms with Gasteiger partial charge in [0.25, 0.3) is 5.91 Å². The molecule has 0 spiro atoms. The Morgan fingerprint density at radius 3 is 2.48 bits per heavy atom. The number of furan rings is 1. The van der Waals surface area contributed by atoms with E-state index in [1.165, 1.54) is 0 Å². The van der Waals surface area contributed by atoms with Crippen LogP contribution in [0.2, 0.25) is 0 Å². The number of nitrogens with one attached hydrogen (secondary N) is 2. The maximum Gasteiger partial charge on any atom is 0.341 e. The molecule has 0 radical (unpaired) electrons. The van der Waals surface area contributed by atoms with E-state index in [0.717, 1.165) is 16.5 Å². The Kier molecular flexibility index (Phi) is 5.98. The predicted molar refractivity (Wildman–Crippen MR) is 120 cm³/mol. The topological polar surface area (TPSA) is 80.6 Å². The Labute approximate surface area is 179 Å². The molecule has 1 aromatic heterocycles. The zero-order valence-electron chi connectivity index (χ0n) is 17.0. The number of anilines is 2. The molecule has 0 aliphatic heterocycles. The lowest BCUT2D eigenvalue weighted by Gasteiger charge is -2.16. The van der Waals surface area contributed by atoms with Crippen molar-refractivity contribution in [1.29, 1.82) is 0 Å². The molecule has 0 saturated carbocycles. The minimum absolute atomic E-state index is 0.346. The number of rotatable bonds is 7. The summed E-state index contributed by atoms with van der Waals surface area (Å²) in [7, 11) is 0. The van der Waals surface area contributed by atoms with Gasteiger partial charge in [0.2, 0.25) is 0 Å². The highest BCUT2D eigenvalue weighted by Gasteiger charge is 2.21. The van der Waals surface area contributed by atoms with Crippen LogP contribution in [0.25, 0.3) is 10.8 Å². The molecule has 0 aliphatic rings. The monoisotopic (exact) mass is 414 g/mol. The summed E-state index contributed by atoms with van der Waals surface area (Å²) < 4.78 is 10.8. The summed E-state index contributed by atoms with van der Waals surface area (Å²) in [6.45, 7) is 1.98. The van der Waals surface area contributed by atoms with E-state index in [0.29, 0.717) is 23.5 Å². The van der Waals surface area contributed by atoms with Crippen LogP contribution in [0.5, 0.6) is 0 Å². The number of amides is 1.